The van der Waals surface area contributed by atoms with Crippen molar-refractivity contribution in [3.63, 3.8) is 0 Å². The van der Waals surface area contributed by atoms with Gasteiger partial charge in [-0.1, -0.05) is 55.7 Å². The molecule has 2 nitrogen and oxygen atoms in total. The normalized spacial score (nSPS) is 16.9. The van der Waals surface area contributed by atoms with E-state index in [0.29, 0.717) is 6.10 Å². The van der Waals surface area contributed by atoms with Gasteiger partial charge in [0.25, 0.3) is 0 Å². The number of ether oxygens (including phenoxy) is 1. The Bertz CT molecular complexity index is 968. The van der Waals surface area contributed by atoms with Gasteiger partial charge in [0.1, 0.15) is 11.5 Å². The Morgan fingerprint density at radius 3 is 2.11 bits per heavy atom. The molecule has 0 N–H and O–H groups in total. The highest BCUT2D eigenvalue weighted by atomic mass is 28.4. The zero-order valence-corrected chi connectivity index (χ0v) is 26.4. The molecule has 0 spiro atoms. The van der Waals surface area contributed by atoms with Gasteiger partial charge in [-0.25, -0.2) is 0 Å². The molecule has 0 saturated heterocycles. The molecule has 1 aromatic rings. The molecule has 0 aliphatic carbocycles. The van der Waals surface area contributed by atoms with Gasteiger partial charge in [-0.2, -0.15) is 0 Å². The molecule has 2 rings (SSSR count). The maximum atomic E-state index is 6.71. The second-order valence-electron chi connectivity index (χ2n) is 12.8. The van der Waals surface area contributed by atoms with Crippen LogP contribution in [0.3, 0.4) is 0 Å². The average Bonchev–Trinajstić information content (AvgIpc) is 2.76. The van der Waals surface area contributed by atoms with Gasteiger partial charge >= 0.3 is 0 Å². The summed E-state index contributed by atoms with van der Waals surface area (Å²) in [5, 5.41) is 0.192. The van der Waals surface area contributed by atoms with Crippen molar-refractivity contribution in [3.8, 4) is 11.5 Å². The molecule has 0 fully saturated rings. The molecule has 1 aliphatic heterocycles. The Morgan fingerprint density at radius 2 is 1.53 bits per heavy atom. The first kappa shape index (κ1) is 30.5. The van der Waals surface area contributed by atoms with E-state index >= 15 is 0 Å². The monoisotopic (exact) mass is 510 g/mol. The van der Waals surface area contributed by atoms with Crippen LogP contribution in [0, 0.1) is 13.8 Å². The number of aryl methyl sites for hydroxylation is 1. The van der Waals surface area contributed by atoms with Crippen LogP contribution >= 0.6 is 0 Å². The first-order valence-electron chi connectivity index (χ1n) is 14.1. The van der Waals surface area contributed by atoms with Gasteiger partial charge in [0, 0.05) is 0 Å². The zero-order valence-electron chi connectivity index (χ0n) is 25.4. The van der Waals surface area contributed by atoms with E-state index in [0.717, 1.165) is 56.4 Å². The molecule has 1 aliphatic rings. The number of fused-ring (bicyclic) bond motifs is 1. The number of allylic oxidation sites excluding steroid dienone is 6. The zero-order chi connectivity index (χ0) is 27.1. The van der Waals surface area contributed by atoms with Crippen LogP contribution in [-0.4, -0.2) is 14.4 Å². The molecular formula is C33H54O2Si. The van der Waals surface area contributed by atoms with Crippen molar-refractivity contribution >= 4 is 8.32 Å². The number of hydrogen-bond acceptors (Lipinski definition) is 2. The molecule has 1 aromatic carbocycles. The molecule has 36 heavy (non-hydrogen) atoms. The Labute approximate surface area is 224 Å². The molecule has 1 unspecified atom stereocenters. The summed E-state index contributed by atoms with van der Waals surface area (Å²) in [7, 11) is -1.87. The van der Waals surface area contributed by atoms with Crippen LogP contribution in [-0.2, 0) is 6.42 Å². The molecule has 1 atom stereocenters. The van der Waals surface area contributed by atoms with Crippen molar-refractivity contribution in [1.29, 1.82) is 0 Å². The van der Waals surface area contributed by atoms with Crippen molar-refractivity contribution in [2.75, 3.05) is 0 Å². The topological polar surface area (TPSA) is 18.5 Å². The number of rotatable bonds is 11. The Morgan fingerprint density at radius 1 is 0.944 bits per heavy atom. The first-order valence-corrected chi connectivity index (χ1v) is 17.1. The first-order chi connectivity index (χ1) is 16.7. The Kier molecular flexibility index (Phi) is 11.2. The third-order valence-corrected chi connectivity index (χ3v) is 12.5. The predicted octanol–water partition coefficient (Wildman–Crippen LogP) is 10.6. The van der Waals surface area contributed by atoms with E-state index in [9.17, 15) is 0 Å². The van der Waals surface area contributed by atoms with Gasteiger partial charge in [-0.3, -0.25) is 0 Å². The lowest BCUT2D eigenvalue weighted by Crippen LogP contribution is -2.44. The molecular weight excluding hydrogens is 456 g/mol. The van der Waals surface area contributed by atoms with Crippen molar-refractivity contribution < 1.29 is 9.16 Å². The van der Waals surface area contributed by atoms with Gasteiger partial charge < -0.3 is 9.16 Å². The Balaban J connectivity index is 1.90. The van der Waals surface area contributed by atoms with E-state index < -0.39 is 8.32 Å². The van der Waals surface area contributed by atoms with Crippen molar-refractivity contribution in [2.24, 2.45) is 0 Å². The summed E-state index contributed by atoms with van der Waals surface area (Å²) in [6.45, 7) is 24.8. The summed E-state index contributed by atoms with van der Waals surface area (Å²) in [6, 6.07) is 2.27. The molecule has 0 aromatic heterocycles. The van der Waals surface area contributed by atoms with Crippen LogP contribution in [0.4, 0.5) is 0 Å². The van der Waals surface area contributed by atoms with E-state index in [1.807, 2.05) is 0 Å². The van der Waals surface area contributed by atoms with E-state index in [4.69, 9.17) is 9.16 Å². The predicted molar refractivity (Wildman–Crippen MR) is 161 cm³/mol. The molecule has 1 heterocycles. The van der Waals surface area contributed by atoms with Crippen LogP contribution in [0.15, 0.2) is 41.0 Å². The van der Waals surface area contributed by atoms with Crippen LogP contribution in [0.1, 0.15) is 110 Å². The van der Waals surface area contributed by atoms with E-state index in [2.05, 4.69) is 99.7 Å². The fourth-order valence-corrected chi connectivity index (χ4v) is 5.48. The smallest absolute Gasteiger partial charge is 0.250 e. The largest absolute Gasteiger partial charge is 0.543 e. The lowest BCUT2D eigenvalue weighted by molar-refractivity contribution is 0.163. The summed E-state index contributed by atoms with van der Waals surface area (Å²) in [5.41, 5.74) is 8.24. The fraction of sp³-hybridized carbons (Fsp3) is 0.636. The van der Waals surface area contributed by atoms with Gasteiger partial charge in [-0.15, -0.1) is 0 Å². The van der Waals surface area contributed by atoms with Crippen molar-refractivity contribution in [1.82, 2.24) is 0 Å². The summed E-state index contributed by atoms with van der Waals surface area (Å²) < 4.78 is 13.3. The number of benzene rings is 1. The van der Waals surface area contributed by atoms with Gasteiger partial charge in [-0.05, 0) is 134 Å². The maximum Gasteiger partial charge on any atom is 0.250 e. The maximum absolute atomic E-state index is 6.71. The highest BCUT2D eigenvalue weighted by Gasteiger charge is 2.39. The quantitative estimate of drug-likeness (QED) is 0.218. The lowest BCUT2D eigenvalue weighted by Gasteiger charge is -2.38. The summed E-state index contributed by atoms with van der Waals surface area (Å²) in [6.07, 6.45) is 16.5. The van der Waals surface area contributed by atoms with Crippen molar-refractivity contribution in [2.45, 2.75) is 138 Å². The summed E-state index contributed by atoms with van der Waals surface area (Å²) >= 11 is 0. The van der Waals surface area contributed by atoms with Gasteiger partial charge in [0.15, 0.2) is 0 Å². The Hall–Kier alpha value is -1.74. The van der Waals surface area contributed by atoms with Gasteiger partial charge in [0.2, 0.25) is 8.32 Å². The molecule has 3 heteroatoms. The SMILES string of the molecule is CC(C)=CCC/C(C)=C/CC/C(C)=C/CCC1CCc2cc(O[Si](C)(C)C(C)(C)C)c(C)c(C)c2O1. The number of hydrogen-bond donors (Lipinski definition) is 0. The second kappa shape index (κ2) is 13.2. The molecule has 0 radical (unpaired) electrons. The highest BCUT2D eigenvalue weighted by molar-refractivity contribution is 6.74. The molecule has 0 bridgehead atoms. The van der Waals surface area contributed by atoms with Crippen molar-refractivity contribution in [3.05, 3.63) is 57.7 Å². The molecule has 202 valence electrons. The van der Waals surface area contributed by atoms with Crippen LogP contribution < -0.4 is 9.16 Å². The average molecular weight is 511 g/mol. The second-order valence-corrected chi connectivity index (χ2v) is 17.5. The van der Waals surface area contributed by atoms with E-state index in [1.54, 1.807) is 0 Å². The lowest BCUT2D eigenvalue weighted by atomic mass is 9.94. The highest BCUT2D eigenvalue weighted by Crippen LogP contribution is 2.42. The molecule has 0 amide bonds. The van der Waals surface area contributed by atoms with E-state index in [1.165, 1.54) is 39.8 Å². The van der Waals surface area contributed by atoms with E-state index in [-0.39, 0.29) is 5.04 Å². The standard InChI is InChI=1S/C33H54O2Si/c1-24(2)15-12-16-25(3)17-13-18-26(4)19-14-20-30-22-21-29-23-31(27(5)28(6)32(29)34-30)35-36(10,11)33(7,8)9/h15,17,19,23,30H,12-14,16,18,20-22H2,1-11H3/b25-17+,26-19+. The third kappa shape index (κ3) is 8.98. The summed E-state index contributed by atoms with van der Waals surface area (Å²) in [4.78, 5) is 0. The van der Waals surface area contributed by atoms with Crippen LogP contribution in [0.25, 0.3) is 0 Å². The minimum absolute atomic E-state index is 0.192. The minimum Gasteiger partial charge on any atom is -0.543 e. The van der Waals surface area contributed by atoms with Crippen LogP contribution in [0.5, 0.6) is 11.5 Å². The minimum atomic E-state index is -1.87. The summed E-state index contributed by atoms with van der Waals surface area (Å²) in [5.74, 6) is 2.18. The fourth-order valence-electron chi connectivity index (χ4n) is 4.41. The van der Waals surface area contributed by atoms with Crippen LogP contribution in [0.2, 0.25) is 18.1 Å². The van der Waals surface area contributed by atoms with Gasteiger partial charge in [0.05, 0.1) is 6.10 Å². The third-order valence-electron chi connectivity index (χ3n) is 8.17. The molecule has 0 saturated carbocycles.